The van der Waals surface area contributed by atoms with Gasteiger partial charge in [0.2, 0.25) is 17.7 Å². The van der Waals surface area contributed by atoms with E-state index in [0.717, 1.165) is 38.8 Å². The Labute approximate surface area is 170 Å². The zero-order chi connectivity index (χ0) is 20.4. The van der Waals surface area contributed by atoms with E-state index in [4.69, 9.17) is 0 Å². The van der Waals surface area contributed by atoms with Gasteiger partial charge < -0.3 is 9.80 Å². The van der Waals surface area contributed by atoms with Gasteiger partial charge in [-0.15, -0.1) is 0 Å². The van der Waals surface area contributed by atoms with Crippen molar-refractivity contribution in [1.29, 1.82) is 0 Å². The second-order valence-corrected chi connectivity index (χ2v) is 8.47. The lowest BCUT2D eigenvalue weighted by Crippen LogP contribution is -3.13. The highest BCUT2D eigenvalue weighted by atomic mass is 19.1. The van der Waals surface area contributed by atoms with Gasteiger partial charge in [-0.3, -0.25) is 19.3 Å². The summed E-state index contributed by atoms with van der Waals surface area (Å²) in [5.41, 5.74) is 0.704. The van der Waals surface area contributed by atoms with Gasteiger partial charge in [-0.05, 0) is 18.9 Å². The molecule has 29 heavy (non-hydrogen) atoms. The fraction of sp³-hybridized carbons (Fsp3) is 0.591. The number of hydrogen-bond acceptors (Lipinski definition) is 3. The number of carbonyl (C=O) groups is 3. The summed E-state index contributed by atoms with van der Waals surface area (Å²) in [5.74, 6) is -0.656. The molecule has 0 aromatic heterocycles. The van der Waals surface area contributed by atoms with Crippen molar-refractivity contribution in [2.45, 2.75) is 38.6 Å². The van der Waals surface area contributed by atoms with E-state index < -0.39 is 0 Å². The molecule has 0 bridgehead atoms. The fourth-order valence-electron chi connectivity index (χ4n) is 4.98. The van der Waals surface area contributed by atoms with Gasteiger partial charge in [0.15, 0.2) is 0 Å². The minimum Gasteiger partial charge on any atom is -0.331 e. The third-order valence-corrected chi connectivity index (χ3v) is 6.70. The number of quaternary nitrogens is 1. The molecule has 3 amide bonds. The van der Waals surface area contributed by atoms with Crippen molar-refractivity contribution >= 4 is 17.7 Å². The first-order chi connectivity index (χ1) is 14.0. The topological polar surface area (TPSA) is 62.1 Å². The predicted octanol–water partition coefficient (Wildman–Crippen LogP) is 0.618. The summed E-state index contributed by atoms with van der Waals surface area (Å²) in [5, 5.41) is 0. The molecule has 1 aromatic carbocycles. The molecule has 1 aliphatic carbocycles. The Kier molecular flexibility index (Phi) is 5.94. The third kappa shape index (κ3) is 4.20. The van der Waals surface area contributed by atoms with Crippen LogP contribution >= 0.6 is 0 Å². The van der Waals surface area contributed by atoms with Crippen molar-refractivity contribution in [3.8, 4) is 0 Å². The lowest BCUT2D eigenvalue weighted by atomic mass is 9.81. The quantitative estimate of drug-likeness (QED) is 0.735. The van der Waals surface area contributed by atoms with Crippen LogP contribution in [0.2, 0.25) is 0 Å². The average Bonchev–Trinajstić information content (AvgIpc) is 2.99. The van der Waals surface area contributed by atoms with E-state index in [1.807, 2.05) is 17.0 Å². The van der Waals surface area contributed by atoms with Crippen LogP contribution < -0.4 is 4.90 Å². The molecule has 6 nitrogen and oxygen atoms in total. The van der Waals surface area contributed by atoms with Crippen LogP contribution in [0.4, 0.5) is 4.39 Å². The highest BCUT2D eigenvalue weighted by Gasteiger charge is 2.47. The largest absolute Gasteiger partial charge is 0.331 e. The molecule has 0 spiro atoms. The number of benzene rings is 1. The Balaban J connectivity index is 1.25. The number of amides is 3. The molecule has 2 saturated heterocycles. The molecular formula is C22H29FN3O3+. The number of halogens is 1. The maximum atomic E-state index is 13.8. The van der Waals surface area contributed by atoms with Gasteiger partial charge in [0, 0.05) is 18.5 Å². The Morgan fingerprint density at radius 1 is 1.03 bits per heavy atom. The minimum atomic E-state index is -0.181. The second kappa shape index (κ2) is 8.61. The van der Waals surface area contributed by atoms with E-state index in [2.05, 4.69) is 0 Å². The average molecular weight is 402 g/mol. The first kappa shape index (κ1) is 20.0. The van der Waals surface area contributed by atoms with E-state index in [-0.39, 0.29) is 48.3 Å². The number of rotatable bonds is 5. The Bertz CT molecular complexity index is 767. The Morgan fingerprint density at radius 2 is 1.66 bits per heavy atom. The van der Waals surface area contributed by atoms with Crippen LogP contribution in [-0.4, -0.2) is 60.2 Å². The molecule has 1 aromatic rings. The Morgan fingerprint density at radius 3 is 2.28 bits per heavy atom. The molecule has 0 radical (unpaired) electrons. The van der Waals surface area contributed by atoms with Crippen molar-refractivity contribution < 1.29 is 23.7 Å². The highest BCUT2D eigenvalue weighted by Crippen LogP contribution is 2.37. The molecule has 2 aliphatic heterocycles. The summed E-state index contributed by atoms with van der Waals surface area (Å²) >= 11 is 0. The number of nitrogens with one attached hydrogen (secondary N) is 1. The number of carbonyl (C=O) groups excluding carboxylic acids is 3. The van der Waals surface area contributed by atoms with Gasteiger partial charge in [0.1, 0.15) is 12.4 Å². The monoisotopic (exact) mass is 402 g/mol. The lowest BCUT2D eigenvalue weighted by Gasteiger charge is -2.32. The molecule has 2 atom stereocenters. The van der Waals surface area contributed by atoms with E-state index in [1.165, 1.54) is 15.9 Å². The SMILES string of the molecule is O=C(CCN1C(=O)[C@@H]2CCCC[C@H]2C1=O)N1CC[NH+](Cc2ccccc2F)CC1. The zero-order valence-electron chi connectivity index (χ0n) is 16.7. The molecule has 4 rings (SSSR count). The van der Waals surface area contributed by atoms with Crippen molar-refractivity contribution in [1.82, 2.24) is 9.80 Å². The van der Waals surface area contributed by atoms with E-state index in [9.17, 15) is 18.8 Å². The molecule has 0 unspecified atom stereocenters. The van der Waals surface area contributed by atoms with Gasteiger partial charge in [-0.1, -0.05) is 31.0 Å². The van der Waals surface area contributed by atoms with Crippen LogP contribution in [0.25, 0.3) is 0 Å². The predicted molar refractivity (Wildman–Crippen MR) is 104 cm³/mol. The summed E-state index contributed by atoms with van der Waals surface area (Å²) in [6.45, 7) is 3.60. The van der Waals surface area contributed by atoms with Gasteiger partial charge in [0.05, 0.1) is 38.0 Å². The molecule has 1 N–H and O–H groups in total. The maximum Gasteiger partial charge on any atom is 0.233 e. The third-order valence-electron chi connectivity index (χ3n) is 6.70. The van der Waals surface area contributed by atoms with E-state index in [1.54, 1.807) is 6.07 Å². The van der Waals surface area contributed by atoms with Crippen molar-refractivity contribution in [3.63, 3.8) is 0 Å². The molecule has 2 heterocycles. The van der Waals surface area contributed by atoms with Gasteiger partial charge >= 0.3 is 0 Å². The first-order valence-electron chi connectivity index (χ1n) is 10.7. The van der Waals surface area contributed by atoms with E-state index in [0.29, 0.717) is 25.2 Å². The summed E-state index contributed by atoms with van der Waals surface area (Å²) in [6, 6.07) is 6.82. The van der Waals surface area contributed by atoms with Gasteiger partial charge in [-0.25, -0.2) is 4.39 Å². The number of hydrogen-bond donors (Lipinski definition) is 1. The molecule has 3 fully saturated rings. The number of fused-ring (bicyclic) bond motifs is 1. The van der Waals surface area contributed by atoms with Gasteiger partial charge in [0.25, 0.3) is 0 Å². The number of imide groups is 1. The van der Waals surface area contributed by atoms with Crippen molar-refractivity contribution in [3.05, 3.63) is 35.6 Å². The van der Waals surface area contributed by atoms with Crippen LogP contribution in [0.5, 0.6) is 0 Å². The highest BCUT2D eigenvalue weighted by molar-refractivity contribution is 6.05. The van der Waals surface area contributed by atoms with Crippen molar-refractivity contribution in [2.75, 3.05) is 32.7 Å². The second-order valence-electron chi connectivity index (χ2n) is 8.47. The van der Waals surface area contributed by atoms with E-state index >= 15 is 0 Å². The van der Waals surface area contributed by atoms with Crippen LogP contribution in [0.15, 0.2) is 24.3 Å². The first-order valence-corrected chi connectivity index (χ1v) is 10.7. The van der Waals surface area contributed by atoms with Crippen LogP contribution in [-0.2, 0) is 20.9 Å². The van der Waals surface area contributed by atoms with Crippen molar-refractivity contribution in [2.24, 2.45) is 11.8 Å². The van der Waals surface area contributed by atoms with Crippen LogP contribution in [0.1, 0.15) is 37.7 Å². The number of nitrogens with zero attached hydrogens (tertiary/aromatic N) is 2. The van der Waals surface area contributed by atoms with Crippen LogP contribution in [0, 0.1) is 17.7 Å². The Hall–Kier alpha value is -2.28. The molecule has 156 valence electrons. The summed E-state index contributed by atoms with van der Waals surface area (Å²) < 4.78 is 13.8. The molecule has 1 saturated carbocycles. The summed E-state index contributed by atoms with van der Waals surface area (Å²) in [7, 11) is 0. The summed E-state index contributed by atoms with van der Waals surface area (Å²) in [6.07, 6.45) is 3.80. The minimum absolute atomic E-state index is 0.00888. The normalized spacial score (nSPS) is 25.4. The van der Waals surface area contributed by atoms with Crippen LogP contribution in [0.3, 0.4) is 0 Å². The lowest BCUT2D eigenvalue weighted by molar-refractivity contribution is -0.917. The molecular weight excluding hydrogens is 373 g/mol. The number of likely N-dealkylation sites (tertiary alicyclic amines) is 1. The molecule has 3 aliphatic rings. The smallest absolute Gasteiger partial charge is 0.233 e. The van der Waals surface area contributed by atoms with Gasteiger partial charge in [-0.2, -0.15) is 0 Å². The number of piperazine rings is 1. The zero-order valence-corrected chi connectivity index (χ0v) is 16.7. The molecule has 7 heteroatoms. The summed E-state index contributed by atoms with van der Waals surface area (Å²) in [4.78, 5) is 42.1. The standard InChI is InChI=1S/C22H28FN3O3/c23-19-8-4-1-5-16(19)15-24-11-13-25(14-12-24)20(27)9-10-26-21(28)17-6-2-3-7-18(17)22(26)29/h1,4-5,8,17-18H,2-3,6-7,9-15H2/p+1/t17-,18-/m1/s1. The fourth-order valence-corrected chi connectivity index (χ4v) is 4.98. The maximum absolute atomic E-state index is 13.8.